The Morgan fingerprint density at radius 1 is 0.895 bits per heavy atom. The molecule has 0 aliphatic heterocycles. The van der Waals surface area contributed by atoms with E-state index in [-0.39, 0.29) is 0 Å². The minimum absolute atomic E-state index is 0.837. The van der Waals surface area contributed by atoms with Crippen LogP contribution in [0.15, 0.2) is 24.3 Å². The van der Waals surface area contributed by atoms with Gasteiger partial charge in [-0.15, -0.1) is 0 Å². The molecular weight excluding hydrogens is 234 g/mol. The lowest BCUT2D eigenvalue weighted by Gasteiger charge is -2.17. The summed E-state index contributed by atoms with van der Waals surface area (Å²) in [7, 11) is 0. The number of unbranched alkanes of at least 4 members (excludes halogenated alkanes) is 2. The highest BCUT2D eigenvalue weighted by Gasteiger charge is 1.98. The first-order chi connectivity index (χ1) is 9.30. The molecule has 0 aliphatic carbocycles. The molecule has 19 heavy (non-hydrogen) atoms. The fourth-order valence-corrected chi connectivity index (χ4v) is 2.17. The molecule has 1 rings (SSSR count). The summed E-state index contributed by atoms with van der Waals surface area (Å²) in [4.78, 5) is 2.48. The summed E-state index contributed by atoms with van der Waals surface area (Å²) in [5.41, 5.74) is 1.37. The minimum atomic E-state index is 0.837. The molecule has 0 saturated heterocycles. The highest BCUT2D eigenvalue weighted by atomic mass is 16.5. The van der Waals surface area contributed by atoms with Crippen LogP contribution in [-0.2, 0) is 6.42 Å². The largest absolute Gasteiger partial charge is 0.494 e. The highest BCUT2D eigenvalue weighted by Crippen LogP contribution is 2.13. The molecule has 0 bridgehead atoms. The first kappa shape index (κ1) is 16.0. The van der Waals surface area contributed by atoms with Crippen molar-refractivity contribution in [2.45, 2.75) is 46.5 Å². The lowest BCUT2D eigenvalue weighted by Crippen LogP contribution is -2.23. The summed E-state index contributed by atoms with van der Waals surface area (Å²) in [5.74, 6) is 1.00. The second kappa shape index (κ2) is 9.85. The van der Waals surface area contributed by atoms with Gasteiger partial charge in [0.05, 0.1) is 6.61 Å². The third-order valence-corrected chi connectivity index (χ3v) is 3.61. The van der Waals surface area contributed by atoms with Crippen LogP contribution in [0.25, 0.3) is 0 Å². The number of hydrogen-bond acceptors (Lipinski definition) is 2. The summed E-state index contributed by atoms with van der Waals surface area (Å²) in [6.45, 7) is 11.0. The second-order valence-electron chi connectivity index (χ2n) is 4.93. The molecule has 0 spiro atoms. The average molecular weight is 263 g/mol. The zero-order chi connectivity index (χ0) is 13.9. The first-order valence-electron chi connectivity index (χ1n) is 7.74. The van der Waals surface area contributed by atoms with Gasteiger partial charge in [-0.3, -0.25) is 0 Å². The molecule has 1 aromatic carbocycles. The molecule has 0 aliphatic rings. The quantitative estimate of drug-likeness (QED) is 0.588. The Morgan fingerprint density at radius 3 is 2.16 bits per heavy atom. The topological polar surface area (TPSA) is 12.5 Å². The summed E-state index contributed by atoms with van der Waals surface area (Å²) in [6.07, 6.45) is 4.77. The number of hydrogen-bond donors (Lipinski definition) is 0. The van der Waals surface area contributed by atoms with E-state index >= 15 is 0 Å². The normalized spacial score (nSPS) is 10.9. The van der Waals surface area contributed by atoms with Gasteiger partial charge in [-0.05, 0) is 63.0 Å². The Labute approximate surface area is 118 Å². The predicted octanol–water partition coefficient (Wildman–Crippen LogP) is 4.14. The van der Waals surface area contributed by atoms with Gasteiger partial charge in [0.25, 0.3) is 0 Å². The van der Waals surface area contributed by atoms with Gasteiger partial charge in [0.2, 0.25) is 0 Å². The van der Waals surface area contributed by atoms with Crippen molar-refractivity contribution in [2.24, 2.45) is 0 Å². The van der Waals surface area contributed by atoms with Crippen molar-refractivity contribution in [3.8, 4) is 5.75 Å². The molecule has 2 nitrogen and oxygen atoms in total. The predicted molar refractivity (Wildman–Crippen MR) is 83.0 cm³/mol. The smallest absolute Gasteiger partial charge is 0.119 e. The highest BCUT2D eigenvalue weighted by molar-refractivity contribution is 5.27. The zero-order valence-electron chi connectivity index (χ0n) is 12.8. The van der Waals surface area contributed by atoms with Crippen LogP contribution in [0, 0.1) is 0 Å². The lowest BCUT2D eigenvalue weighted by atomic mass is 10.2. The van der Waals surface area contributed by atoms with Crippen LogP contribution in [-0.4, -0.2) is 31.1 Å². The molecule has 108 valence electrons. The van der Waals surface area contributed by atoms with Gasteiger partial charge in [-0.25, -0.2) is 0 Å². The van der Waals surface area contributed by atoms with Gasteiger partial charge < -0.3 is 9.64 Å². The van der Waals surface area contributed by atoms with Crippen molar-refractivity contribution >= 4 is 0 Å². The Morgan fingerprint density at radius 2 is 1.58 bits per heavy atom. The van der Waals surface area contributed by atoms with Crippen molar-refractivity contribution in [2.75, 3.05) is 26.2 Å². The monoisotopic (exact) mass is 263 g/mol. The zero-order valence-corrected chi connectivity index (χ0v) is 12.8. The fourth-order valence-electron chi connectivity index (χ4n) is 2.17. The van der Waals surface area contributed by atoms with Gasteiger partial charge in [0, 0.05) is 0 Å². The van der Waals surface area contributed by atoms with Crippen molar-refractivity contribution < 1.29 is 4.74 Å². The third-order valence-electron chi connectivity index (χ3n) is 3.61. The molecule has 0 amide bonds. The van der Waals surface area contributed by atoms with Gasteiger partial charge in [-0.2, -0.15) is 0 Å². The number of aryl methyl sites for hydroxylation is 1. The van der Waals surface area contributed by atoms with Crippen LogP contribution in [0.1, 0.15) is 45.6 Å². The van der Waals surface area contributed by atoms with Crippen molar-refractivity contribution in [3.05, 3.63) is 29.8 Å². The molecule has 0 saturated carbocycles. The average Bonchev–Trinajstić information content (AvgIpc) is 2.47. The van der Waals surface area contributed by atoms with Crippen molar-refractivity contribution in [1.29, 1.82) is 0 Å². The lowest BCUT2D eigenvalue weighted by molar-refractivity contribution is 0.277. The second-order valence-corrected chi connectivity index (χ2v) is 4.93. The van der Waals surface area contributed by atoms with E-state index in [4.69, 9.17) is 4.74 Å². The molecule has 0 fully saturated rings. The molecule has 0 N–H and O–H groups in total. The number of rotatable bonds is 10. The van der Waals surface area contributed by atoms with E-state index in [1.54, 1.807) is 0 Å². The Kier molecular flexibility index (Phi) is 8.31. The standard InChI is InChI=1S/C17H29NO/c1-4-16-10-12-17(13-11-16)19-15-9-7-8-14-18(5-2)6-3/h10-13H,4-9,14-15H2,1-3H3. The van der Waals surface area contributed by atoms with Gasteiger partial charge in [0.1, 0.15) is 5.75 Å². The van der Waals surface area contributed by atoms with Gasteiger partial charge in [-0.1, -0.05) is 32.9 Å². The fraction of sp³-hybridized carbons (Fsp3) is 0.647. The van der Waals surface area contributed by atoms with E-state index in [2.05, 4.69) is 49.9 Å². The maximum Gasteiger partial charge on any atom is 0.119 e. The molecule has 0 unspecified atom stereocenters. The van der Waals surface area contributed by atoms with E-state index in [1.807, 2.05) is 0 Å². The molecule has 0 radical (unpaired) electrons. The Bertz CT molecular complexity index is 317. The summed E-state index contributed by atoms with van der Waals surface area (Å²) >= 11 is 0. The van der Waals surface area contributed by atoms with Crippen molar-refractivity contribution in [1.82, 2.24) is 4.90 Å². The van der Waals surface area contributed by atoms with E-state index < -0.39 is 0 Å². The maximum absolute atomic E-state index is 5.75. The minimum Gasteiger partial charge on any atom is -0.494 e. The summed E-state index contributed by atoms with van der Waals surface area (Å²) in [6, 6.07) is 8.45. The van der Waals surface area contributed by atoms with Crippen LogP contribution in [0.4, 0.5) is 0 Å². The van der Waals surface area contributed by atoms with Crippen LogP contribution in [0.3, 0.4) is 0 Å². The third kappa shape index (κ3) is 6.63. The first-order valence-corrected chi connectivity index (χ1v) is 7.74. The maximum atomic E-state index is 5.75. The molecular formula is C17H29NO. The van der Waals surface area contributed by atoms with Gasteiger partial charge >= 0.3 is 0 Å². The van der Waals surface area contributed by atoms with E-state index in [9.17, 15) is 0 Å². The summed E-state index contributed by atoms with van der Waals surface area (Å²) in [5, 5.41) is 0. The molecule has 0 heterocycles. The molecule has 1 aromatic rings. The van der Waals surface area contributed by atoms with Crippen LogP contribution >= 0.6 is 0 Å². The number of benzene rings is 1. The van der Waals surface area contributed by atoms with E-state index in [0.29, 0.717) is 0 Å². The van der Waals surface area contributed by atoms with Crippen LogP contribution < -0.4 is 4.74 Å². The number of nitrogens with zero attached hydrogens (tertiary/aromatic N) is 1. The van der Waals surface area contributed by atoms with Gasteiger partial charge in [0.15, 0.2) is 0 Å². The molecule has 0 atom stereocenters. The van der Waals surface area contributed by atoms with E-state index in [0.717, 1.165) is 38.3 Å². The Balaban J connectivity index is 2.07. The SMILES string of the molecule is CCc1ccc(OCCCCCN(CC)CC)cc1. The van der Waals surface area contributed by atoms with Crippen LogP contribution in [0.2, 0.25) is 0 Å². The van der Waals surface area contributed by atoms with E-state index in [1.165, 1.54) is 24.9 Å². The van der Waals surface area contributed by atoms with Crippen molar-refractivity contribution in [3.63, 3.8) is 0 Å². The van der Waals surface area contributed by atoms with Crippen LogP contribution in [0.5, 0.6) is 5.75 Å². The number of ether oxygens (including phenoxy) is 1. The molecule has 2 heteroatoms. The Hall–Kier alpha value is -1.02. The molecule has 0 aromatic heterocycles. The summed E-state index contributed by atoms with van der Waals surface area (Å²) < 4.78 is 5.75.